The van der Waals surface area contributed by atoms with Gasteiger partial charge < -0.3 is 4.74 Å². The van der Waals surface area contributed by atoms with Crippen molar-refractivity contribution in [3.63, 3.8) is 0 Å². The van der Waals surface area contributed by atoms with E-state index in [0.29, 0.717) is 0 Å². The van der Waals surface area contributed by atoms with Crippen molar-refractivity contribution in [2.75, 3.05) is 13.7 Å². The predicted octanol–water partition coefficient (Wildman–Crippen LogP) is 2.17. The van der Waals surface area contributed by atoms with E-state index in [9.17, 15) is 21.6 Å². The monoisotopic (exact) mass is 317 g/mol. The summed E-state index contributed by atoms with van der Waals surface area (Å²) >= 11 is 5.69. The van der Waals surface area contributed by atoms with Crippen LogP contribution in [-0.4, -0.2) is 28.5 Å². The molecule has 0 bridgehead atoms. The number of benzene rings is 1. The Hall–Kier alpha value is -0.990. The molecule has 0 aliphatic heterocycles. The Labute approximate surface area is 113 Å². The fourth-order valence-electron chi connectivity index (χ4n) is 1.30. The topological polar surface area (TPSA) is 55.4 Å². The third-order valence-electron chi connectivity index (χ3n) is 2.16. The van der Waals surface area contributed by atoms with Gasteiger partial charge in [0.1, 0.15) is 0 Å². The molecule has 0 unspecified atom stereocenters. The molecule has 0 aromatic heterocycles. The summed E-state index contributed by atoms with van der Waals surface area (Å²) in [5.74, 6) is -1.96. The molecule has 0 spiro atoms. The van der Waals surface area contributed by atoms with Crippen molar-refractivity contribution in [3.05, 3.63) is 28.5 Å². The van der Waals surface area contributed by atoms with E-state index in [-0.39, 0.29) is 16.3 Å². The van der Waals surface area contributed by atoms with Crippen molar-refractivity contribution < 1.29 is 26.3 Å². The molecule has 0 saturated carbocycles. The fraction of sp³-hybridized carbons (Fsp3) is 0.400. The first-order valence-corrected chi connectivity index (χ1v) is 7.06. The van der Waals surface area contributed by atoms with Gasteiger partial charge in [0.2, 0.25) is 10.0 Å². The Bertz CT molecular complexity index is 551. The number of alkyl halides is 2. The van der Waals surface area contributed by atoms with Crippen LogP contribution in [0, 0.1) is 5.82 Å². The van der Waals surface area contributed by atoms with Crippen molar-refractivity contribution in [3.8, 4) is 5.75 Å². The number of hydrogen-bond acceptors (Lipinski definition) is 3. The largest absolute Gasteiger partial charge is 0.494 e. The summed E-state index contributed by atoms with van der Waals surface area (Å²) in [6, 6.07) is 2.50. The second-order valence-electron chi connectivity index (χ2n) is 3.54. The van der Waals surface area contributed by atoms with Crippen LogP contribution in [0.4, 0.5) is 13.2 Å². The molecule has 19 heavy (non-hydrogen) atoms. The third-order valence-corrected chi connectivity index (χ3v) is 3.79. The molecule has 9 heteroatoms. The Morgan fingerprint density at radius 2 is 2.05 bits per heavy atom. The van der Waals surface area contributed by atoms with Crippen molar-refractivity contribution in [2.24, 2.45) is 0 Å². The summed E-state index contributed by atoms with van der Waals surface area (Å²) in [4.78, 5) is 0. The summed E-state index contributed by atoms with van der Waals surface area (Å²) in [5.41, 5.74) is -0.331. The Kier molecular flexibility index (Phi) is 5.45. The zero-order valence-electron chi connectivity index (χ0n) is 9.79. The summed E-state index contributed by atoms with van der Waals surface area (Å²) in [5, 5.41) is -0.124. The van der Waals surface area contributed by atoms with E-state index in [2.05, 4.69) is 4.74 Å². The molecule has 1 aromatic carbocycles. The lowest BCUT2D eigenvalue weighted by atomic mass is 10.2. The molecule has 0 aliphatic carbocycles. The number of halogens is 4. The average molecular weight is 318 g/mol. The van der Waals surface area contributed by atoms with Gasteiger partial charge in [-0.1, -0.05) is 11.6 Å². The van der Waals surface area contributed by atoms with Crippen molar-refractivity contribution in [2.45, 2.75) is 12.2 Å². The number of hydrogen-bond donors (Lipinski definition) is 1. The fourth-order valence-corrected chi connectivity index (χ4v) is 2.73. The number of ether oxygens (including phenoxy) is 1. The minimum absolute atomic E-state index is 0.124. The number of nitrogens with one attached hydrogen (secondary N) is 1. The number of rotatable bonds is 6. The molecular formula is C10H11ClF3NO3S. The van der Waals surface area contributed by atoms with E-state index < -0.39 is 34.6 Å². The van der Waals surface area contributed by atoms with E-state index in [1.807, 2.05) is 0 Å². The summed E-state index contributed by atoms with van der Waals surface area (Å²) in [7, 11) is -2.90. The summed E-state index contributed by atoms with van der Waals surface area (Å²) in [6.45, 7) is -1.04. The number of methoxy groups -OCH3 is 1. The van der Waals surface area contributed by atoms with Crippen LogP contribution < -0.4 is 9.46 Å². The van der Waals surface area contributed by atoms with E-state index in [0.717, 1.165) is 0 Å². The van der Waals surface area contributed by atoms with Crippen LogP contribution >= 0.6 is 11.6 Å². The zero-order chi connectivity index (χ0) is 14.6. The molecule has 0 atom stereocenters. The van der Waals surface area contributed by atoms with Gasteiger partial charge in [-0.3, -0.25) is 0 Å². The van der Waals surface area contributed by atoms with E-state index in [1.54, 1.807) is 4.72 Å². The van der Waals surface area contributed by atoms with Crippen molar-refractivity contribution >= 4 is 21.6 Å². The highest BCUT2D eigenvalue weighted by Crippen LogP contribution is 2.28. The second-order valence-corrected chi connectivity index (χ2v) is 5.75. The highest BCUT2D eigenvalue weighted by molar-refractivity contribution is 7.88. The van der Waals surface area contributed by atoms with Gasteiger partial charge in [0, 0.05) is 10.6 Å². The SMILES string of the molecule is COc1ccc(Cl)c(CS(=O)(=O)NCC(F)F)c1F. The van der Waals surface area contributed by atoms with Crippen LogP contribution in [-0.2, 0) is 15.8 Å². The second kappa shape index (κ2) is 6.44. The van der Waals surface area contributed by atoms with Gasteiger partial charge in [-0.15, -0.1) is 0 Å². The maximum atomic E-state index is 13.8. The predicted molar refractivity (Wildman–Crippen MR) is 64.6 cm³/mol. The molecular weight excluding hydrogens is 307 g/mol. The van der Waals surface area contributed by atoms with Gasteiger partial charge in [-0.05, 0) is 12.1 Å². The van der Waals surface area contributed by atoms with Crippen LogP contribution in [0.1, 0.15) is 5.56 Å². The van der Waals surface area contributed by atoms with Gasteiger partial charge >= 0.3 is 0 Å². The Morgan fingerprint density at radius 1 is 1.42 bits per heavy atom. The molecule has 108 valence electrons. The molecule has 1 rings (SSSR count). The van der Waals surface area contributed by atoms with Crippen LogP contribution in [0.15, 0.2) is 12.1 Å². The molecule has 0 radical (unpaired) electrons. The molecule has 1 aromatic rings. The summed E-state index contributed by atoms with van der Waals surface area (Å²) in [6.07, 6.45) is -2.83. The molecule has 1 N–H and O–H groups in total. The quantitative estimate of drug-likeness (QED) is 0.875. The molecule has 0 saturated heterocycles. The highest BCUT2D eigenvalue weighted by atomic mass is 35.5. The van der Waals surface area contributed by atoms with Gasteiger partial charge in [0.25, 0.3) is 6.43 Å². The van der Waals surface area contributed by atoms with Crippen LogP contribution in [0.3, 0.4) is 0 Å². The van der Waals surface area contributed by atoms with Crippen LogP contribution in [0.25, 0.3) is 0 Å². The van der Waals surface area contributed by atoms with Crippen molar-refractivity contribution in [1.29, 1.82) is 0 Å². The lowest BCUT2D eigenvalue weighted by Gasteiger charge is -2.11. The maximum Gasteiger partial charge on any atom is 0.251 e. The maximum absolute atomic E-state index is 13.8. The Balaban J connectivity index is 2.99. The van der Waals surface area contributed by atoms with E-state index in [1.165, 1.54) is 19.2 Å². The standard InChI is InChI=1S/C10H11ClF3NO3S/c1-18-8-3-2-7(11)6(10(8)14)5-19(16,17)15-4-9(12)13/h2-3,9,15H,4-5H2,1H3. The van der Waals surface area contributed by atoms with Crippen LogP contribution in [0.5, 0.6) is 5.75 Å². The lowest BCUT2D eigenvalue weighted by molar-refractivity contribution is 0.153. The number of sulfonamides is 1. The average Bonchev–Trinajstić information content (AvgIpc) is 2.32. The first-order valence-electron chi connectivity index (χ1n) is 5.03. The first-order chi connectivity index (χ1) is 8.76. The minimum Gasteiger partial charge on any atom is -0.494 e. The van der Waals surface area contributed by atoms with E-state index in [4.69, 9.17) is 11.6 Å². The zero-order valence-corrected chi connectivity index (χ0v) is 11.4. The van der Waals surface area contributed by atoms with Gasteiger partial charge in [-0.2, -0.15) is 0 Å². The van der Waals surface area contributed by atoms with Gasteiger partial charge in [0.15, 0.2) is 11.6 Å². The van der Waals surface area contributed by atoms with Gasteiger partial charge in [-0.25, -0.2) is 26.3 Å². The molecule has 0 amide bonds. The highest BCUT2D eigenvalue weighted by Gasteiger charge is 2.21. The van der Waals surface area contributed by atoms with Gasteiger partial charge in [0.05, 0.1) is 19.4 Å². The summed E-state index contributed by atoms with van der Waals surface area (Å²) < 4.78 is 67.0. The normalized spacial score (nSPS) is 11.9. The minimum atomic E-state index is -4.11. The smallest absolute Gasteiger partial charge is 0.251 e. The van der Waals surface area contributed by atoms with Crippen LogP contribution in [0.2, 0.25) is 5.02 Å². The molecule has 0 aliphatic rings. The molecule has 0 fully saturated rings. The lowest BCUT2D eigenvalue weighted by Crippen LogP contribution is -2.30. The third kappa shape index (κ3) is 4.55. The molecule has 4 nitrogen and oxygen atoms in total. The Morgan fingerprint density at radius 3 is 2.58 bits per heavy atom. The molecule has 0 heterocycles. The van der Waals surface area contributed by atoms with E-state index >= 15 is 0 Å². The van der Waals surface area contributed by atoms with Crippen molar-refractivity contribution in [1.82, 2.24) is 4.72 Å². The first kappa shape index (κ1) is 16.1.